The molecule has 152 valence electrons. The van der Waals surface area contributed by atoms with Gasteiger partial charge in [0.15, 0.2) is 0 Å². The van der Waals surface area contributed by atoms with Gasteiger partial charge in [0.1, 0.15) is 0 Å². The van der Waals surface area contributed by atoms with Crippen LogP contribution < -0.4 is 0 Å². The summed E-state index contributed by atoms with van der Waals surface area (Å²) in [6.07, 6.45) is 13.9. The summed E-state index contributed by atoms with van der Waals surface area (Å²) in [4.78, 5) is 28.7. The molecule has 0 aromatic heterocycles. The predicted octanol–water partition coefficient (Wildman–Crippen LogP) is 5.01. The maximum absolute atomic E-state index is 12.4. The van der Waals surface area contributed by atoms with Crippen molar-refractivity contribution in [2.24, 2.45) is 5.92 Å². The van der Waals surface area contributed by atoms with Crippen LogP contribution in [0.5, 0.6) is 0 Å². The van der Waals surface area contributed by atoms with Gasteiger partial charge in [-0.25, -0.2) is 0 Å². The van der Waals surface area contributed by atoms with Gasteiger partial charge in [0, 0.05) is 38.5 Å². The lowest BCUT2D eigenvalue weighted by Gasteiger charge is -2.33. The molecule has 0 radical (unpaired) electrons. The van der Waals surface area contributed by atoms with Crippen LogP contribution in [0.4, 0.5) is 0 Å². The number of rotatable bonds is 13. The van der Waals surface area contributed by atoms with Crippen molar-refractivity contribution in [1.29, 1.82) is 0 Å². The van der Waals surface area contributed by atoms with Gasteiger partial charge >= 0.3 is 0 Å². The van der Waals surface area contributed by atoms with Crippen molar-refractivity contribution in [2.75, 3.05) is 26.2 Å². The minimum absolute atomic E-state index is 0.117. The van der Waals surface area contributed by atoms with E-state index < -0.39 is 0 Å². The van der Waals surface area contributed by atoms with E-state index in [0.29, 0.717) is 12.3 Å². The maximum atomic E-state index is 12.4. The van der Waals surface area contributed by atoms with Gasteiger partial charge in [-0.1, -0.05) is 58.3 Å². The highest BCUT2D eigenvalue weighted by molar-refractivity contribution is 5.80. The summed E-state index contributed by atoms with van der Waals surface area (Å²) in [6, 6.07) is 0. The number of hydrogen-bond acceptors (Lipinski definition) is 2. The molecule has 1 heterocycles. The minimum Gasteiger partial charge on any atom is -0.343 e. The summed E-state index contributed by atoms with van der Waals surface area (Å²) >= 11 is 0. The van der Waals surface area contributed by atoms with Crippen LogP contribution in [-0.4, -0.2) is 47.8 Å². The molecule has 0 aliphatic carbocycles. The van der Waals surface area contributed by atoms with Gasteiger partial charge in [0.25, 0.3) is 0 Å². The molecule has 1 fully saturated rings. The highest BCUT2D eigenvalue weighted by atomic mass is 16.2. The first-order valence-corrected chi connectivity index (χ1v) is 11.2. The molecule has 0 unspecified atom stereocenters. The first kappa shape index (κ1) is 23.0. The summed E-state index contributed by atoms with van der Waals surface area (Å²) in [6.45, 7) is 9.40. The molecule has 4 heteroatoms. The van der Waals surface area contributed by atoms with Gasteiger partial charge < -0.3 is 9.80 Å². The van der Waals surface area contributed by atoms with Crippen molar-refractivity contribution in [3.8, 4) is 0 Å². The normalized spacial score (nSPS) is 15.3. The summed E-state index contributed by atoms with van der Waals surface area (Å²) in [5.41, 5.74) is 0. The molecule has 0 atom stereocenters. The van der Waals surface area contributed by atoms with Crippen molar-refractivity contribution in [2.45, 2.75) is 97.8 Å². The third kappa shape index (κ3) is 8.55. The second-order valence-electron chi connectivity index (χ2n) is 7.74. The fraction of sp³-hybridized carbons (Fsp3) is 0.909. The van der Waals surface area contributed by atoms with Crippen LogP contribution in [0.2, 0.25) is 0 Å². The fourth-order valence-corrected chi connectivity index (χ4v) is 3.91. The third-order valence-corrected chi connectivity index (χ3v) is 5.77. The minimum atomic E-state index is 0.117. The van der Waals surface area contributed by atoms with Gasteiger partial charge in [-0.15, -0.1) is 0 Å². The molecule has 0 aromatic carbocycles. The van der Waals surface area contributed by atoms with Crippen molar-refractivity contribution >= 4 is 11.8 Å². The van der Waals surface area contributed by atoms with Crippen molar-refractivity contribution in [3.05, 3.63) is 0 Å². The molecule has 0 saturated carbocycles. The molecule has 4 nitrogen and oxygen atoms in total. The zero-order valence-electron chi connectivity index (χ0n) is 17.6. The van der Waals surface area contributed by atoms with Gasteiger partial charge in [-0.05, 0) is 33.1 Å². The zero-order chi connectivity index (χ0) is 19.2. The smallest absolute Gasteiger partial charge is 0.225 e. The van der Waals surface area contributed by atoms with Crippen LogP contribution in [0.3, 0.4) is 0 Å². The van der Waals surface area contributed by atoms with Crippen LogP contribution in [-0.2, 0) is 9.59 Å². The Morgan fingerprint density at radius 2 is 1.31 bits per heavy atom. The lowest BCUT2D eigenvalue weighted by atomic mass is 9.95. The topological polar surface area (TPSA) is 40.6 Å². The van der Waals surface area contributed by atoms with Gasteiger partial charge in [-0.3, -0.25) is 9.59 Å². The first-order valence-electron chi connectivity index (χ1n) is 11.2. The summed E-state index contributed by atoms with van der Waals surface area (Å²) < 4.78 is 0. The SMILES string of the molecule is CCCCCCCCCCCC(=O)N1CCC(C(=O)N(CC)CC)CC1. The lowest BCUT2D eigenvalue weighted by molar-refractivity contribution is -0.140. The van der Waals surface area contributed by atoms with E-state index in [-0.39, 0.29) is 11.8 Å². The molecular weight excluding hydrogens is 324 g/mol. The van der Waals surface area contributed by atoms with Crippen LogP contribution >= 0.6 is 0 Å². The highest BCUT2D eigenvalue weighted by Crippen LogP contribution is 2.21. The Morgan fingerprint density at radius 1 is 0.808 bits per heavy atom. The van der Waals surface area contributed by atoms with E-state index >= 15 is 0 Å². The standard InChI is InChI=1S/C22H42N2O2/c1-4-7-8-9-10-11-12-13-14-15-21(25)24-18-16-20(17-19-24)22(26)23(5-2)6-3/h20H,4-19H2,1-3H3. The van der Waals surface area contributed by atoms with Crippen LogP contribution in [0.25, 0.3) is 0 Å². The number of amides is 2. The molecular formula is C22H42N2O2. The Morgan fingerprint density at radius 3 is 1.81 bits per heavy atom. The molecule has 26 heavy (non-hydrogen) atoms. The lowest BCUT2D eigenvalue weighted by Crippen LogP contribution is -2.44. The molecule has 1 rings (SSSR count). The number of carbonyl (C=O) groups excluding carboxylic acids is 2. The Labute approximate surface area is 161 Å². The molecule has 0 spiro atoms. The van der Waals surface area contributed by atoms with E-state index in [1.54, 1.807) is 0 Å². The van der Waals surface area contributed by atoms with Crippen LogP contribution in [0.1, 0.15) is 97.8 Å². The monoisotopic (exact) mass is 366 g/mol. The second kappa shape index (κ2) is 14.1. The Hall–Kier alpha value is -1.06. The molecule has 1 aliphatic rings. The first-order chi connectivity index (χ1) is 12.6. The average molecular weight is 367 g/mol. The largest absolute Gasteiger partial charge is 0.343 e. The second-order valence-corrected chi connectivity index (χ2v) is 7.74. The molecule has 1 aliphatic heterocycles. The number of likely N-dealkylation sites (tertiary alicyclic amines) is 1. The summed E-state index contributed by atoms with van der Waals surface area (Å²) in [5.74, 6) is 0.689. The fourth-order valence-electron chi connectivity index (χ4n) is 3.91. The molecule has 1 saturated heterocycles. The van der Waals surface area contributed by atoms with Crippen LogP contribution in [0, 0.1) is 5.92 Å². The Bertz CT molecular complexity index is 386. The molecule has 0 bridgehead atoms. The maximum Gasteiger partial charge on any atom is 0.225 e. The molecule has 0 aromatic rings. The number of hydrogen-bond donors (Lipinski definition) is 0. The van der Waals surface area contributed by atoms with Crippen molar-refractivity contribution in [1.82, 2.24) is 9.80 Å². The number of carbonyl (C=O) groups is 2. The Kier molecular flexibility index (Phi) is 12.4. The summed E-state index contributed by atoms with van der Waals surface area (Å²) in [5, 5.41) is 0. The highest BCUT2D eigenvalue weighted by Gasteiger charge is 2.28. The van der Waals surface area contributed by atoms with Crippen molar-refractivity contribution < 1.29 is 9.59 Å². The van der Waals surface area contributed by atoms with E-state index in [2.05, 4.69) is 6.92 Å². The zero-order valence-corrected chi connectivity index (χ0v) is 17.6. The summed E-state index contributed by atoms with van der Waals surface area (Å²) in [7, 11) is 0. The predicted molar refractivity (Wildman–Crippen MR) is 109 cm³/mol. The molecule has 2 amide bonds. The van der Waals surface area contributed by atoms with E-state index in [1.807, 2.05) is 23.6 Å². The number of piperidine rings is 1. The van der Waals surface area contributed by atoms with E-state index in [1.165, 1.54) is 51.4 Å². The van der Waals surface area contributed by atoms with E-state index in [0.717, 1.165) is 45.4 Å². The number of nitrogens with zero attached hydrogens (tertiary/aromatic N) is 2. The van der Waals surface area contributed by atoms with Gasteiger partial charge in [0.05, 0.1) is 0 Å². The van der Waals surface area contributed by atoms with E-state index in [9.17, 15) is 9.59 Å². The third-order valence-electron chi connectivity index (χ3n) is 5.77. The number of unbranched alkanes of at least 4 members (excludes halogenated alkanes) is 8. The average Bonchev–Trinajstić information content (AvgIpc) is 2.67. The van der Waals surface area contributed by atoms with Crippen molar-refractivity contribution in [3.63, 3.8) is 0 Å². The van der Waals surface area contributed by atoms with Gasteiger partial charge in [0.2, 0.25) is 11.8 Å². The molecule has 0 N–H and O–H groups in total. The Balaban J connectivity index is 2.10. The van der Waals surface area contributed by atoms with Crippen LogP contribution in [0.15, 0.2) is 0 Å². The quantitative estimate of drug-likeness (QED) is 0.430. The van der Waals surface area contributed by atoms with Gasteiger partial charge in [-0.2, -0.15) is 0 Å². The van der Waals surface area contributed by atoms with E-state index in [4.69, 9.17) is 0 Å².